The van der Waals surface area contributed by atoms with Gasteiger partial charge in [0.15, 0.2) is 5.75 Å². The fourth-order valence-corrected chi connectivity index (χ4v) is 6.34. The summed E-state index contributed by atoms with van der Waals surface area (Å²) in [4.78, 5) is 36.4. The van der Waals surface area contributed by atoms with Gasteiger partial charge in [-0.25, -0.2) is 9.37 Å². The molecule has 0 bridgehead atoms. The number of ether oxygens (including phenoxy) is 1. The minimum absolute atomic E-state index is 0.0269. The summed E-state index contributed by atoms with van der Waals surface area (Å²) in [6.45, 7) is 7.56. The molecular weight excluding hydrogens is 487 g/mol. The number of fused-ring (bicyclic) bond motifs is 3. The van der Waals surface area contributed by atoms with Gasteiger partial charge in [-0.2, -0.15) is 0 Å². The van der Waals surface area contributed by atoms with E-state index < -0.39 is 5.82 Å². The molecule has 4 heterocycles. The lowest BCUT2D eigenvalue weighted by Crippen LogP contribution is -2.57. The molecule has 1 N–H and O–H groups in total. The molecule has 1 aromatic carbocycles. The molecule has 6 rings (SSSR count). The van der Waals surface area contributed by atoms with Gasteiger partial charge in [0.1, 0.15) is 40.3 Å². The molecule has 0 spiro atoms. The number of piperidine rings is 1. The van der Waals surface area contributed by atoms with Gasteiger partial charge in [-0.1, -0.05) is 31.2 Å². The fourth-order valence-electron chi connectivity index (χ4n) is 6.05. The normalized spacial score (nSPS) is 26.5. The zero-order valence-electron chi connectivity index (χ0n) is 19.8. The molecule has 1 saturated carbocycles. The first-order valence-corrected chi connectivity index (χ1v) is 12.5. The number of anilines is 1. The van der Waals surface area contributed by atoms with Crippen LogP contribution in [0.25, 0.3) is 11.3 Å². The van der Waals surface area contributed by atoms with Crippen LogP contribution in [0, 0.1) is 17.7 Å². The molecule has 2 amide bonds. The number of phenolic OH excluding ortho intramolecular Hbond substituents is 1. The number of phenols is 1. The van der Waals surface area contributed by atoms with Gasteiger partial charge < -0.3 is 24.5 Å². The monoisotopic (exact) mass is 512 g/mol. The summed E-state index contributed by atoms with van der Waals surface area (Å²) in [6.07, 6.45) is 2.24. The maximum atomic E-state index is 14.9. The van der Waals surface area contributed by atoms with Crippen molar-refractivity contribution in [2.45, 2.75) is 25.4 Å². The predicted molar refractivity (Wildman–Crippen MR) is 132 cm³/mol. The Hall–Kier alpha value is -3.33. The highest BCUT2D eigenvalue weighted by Crippen LogP contribution is 2.54. The minimum Gasteiger partial charge on any atom is -0.507 e. The number of aromatic nitrogens is 1. The second kappa shape index (κ2) is 8.37. The minimum atomic E-state index is -0.676. The first kappa shape index (κ1) is 23.1. The van der Waals surface area contributed by atoms with E-state index >= 15 is 0 Å². The van der Waals surface area contributed by atoms with Crippen molar-refractivity contribution < 1.29 is 23.8 Å². The Morgan fingerprint density at radius 2 is 2.08 bits per heavy atom. The van der Waals surface area contributed by atoms with Gasteiger partial charge >= 0.3 is 0 Å². The Bertz CT molecular complexity index is 1280. The number of benzene rings is 1. The van der Waals surface area contributed by atoms with Crippen molar-refractivity contribution in [1.29, 1.82) is 0 Å². The van der Waals surface area contributed by atoms with E-state index in [1.54, 1.807) is 9.80 Å². The third kappa shape index (κ3) is 3.36. The van der Waals surface area contributed by atoms with Crippen molar-refractivity contribution in [1.82, 2.24) is 14.8 Å². The van der Waals surface area contributed by atoms with E-state index in [9.17, 15) is 19.1 Å². The number of nitrogens with zero attached hydrogens (tertiary/aromatic N) is 4. The first-order chi connectivity index (χ1) is 17.3. The van der Waals surface area contributed by atoms with E-state index in [2.05, 4.69) is 18.4 Å². The molecule has 188 valence electrons. The van der Waals surface area contributed by atoms with Crippen LogP contribution in [0.2, 0.25) is 5.02 Å². The number of hydrogen-bond acceptors (Lipinski definition) is 6. The van der Waals surface area contributed by atoms with Crippen molar-refractivity contribution in [3.05, 3.63) is 47.3 Å². The van der Waals surface area contributed by atoms with Crippen LogP contribution in [0.5, 0.6) is 11.5 Å². The maximum Gasteiger partial charge on any atom is 0.261 e. The van der Waals surface area contributed by atoms with Gasteiger partial charge in [0.2, 0.25) is 5.91 Å². The zero-order chi connectivity index (χ0) is 25.3. The molecule has 3 aliphatic heterocycles. The molecule has 4 atom stereocenters. The number of amides is 2. The highest BCUT2D eigenvalue weighted by Gasteiger charge is 2.56. The highest BCUT2D eigenvalue weighted by atomic mass is 35.5. The molecule has 36 heavy (non-hydrogen) atoms. The third-order valence-corrected chi connectivity index (χ3v) is 8.37. The Morgan fingerprint density at radius 1 is 1.28 bits per heavy atom. The fraction of sp³-hybridized carbons (Fsp3) is 0.423. The van der Waals surface area contributed by atoms with E-state index in [1.165, 1.54) is 24.3 Å². The van der Waals surface area contributed by atoms with Crippen LogP contribution in [-0.4, -0.2) is 76.6 Å². The van der Waals surface area contributed by atoms with Gasteiger partial charge in [-0.15, -0.1) is 0 Å². The summed E-state index contributed by atoms with van der Waals surface area (Å²) in [5.41, 5.74) is 0.158. The molecule has 0 unspecified atom stereocenters. The van der Waals surface area contributed by atoms with Crippen molar-refractivity contribution >= 4 is 29.2 Å². The van der Waals surface area contributed by atoms with Crippen molar-refractivity contribution in [3.8, 4) is 22.8 Å². The summed E-state index contributed by atoms with van der Waals surface area (Å²) in [5.74, 6) is 0.0644. The zero-order valence-corrected chi connectivity index (χ0v) is 20.5. The topological polar surface area (TPSA) is 86.2 Å². The van der Waals surface area contributed by atoms with E-state index in [-0.39, 0.29) is 63.8 Å². The van der Waals surface area contributed by atoms with Crippen molar-refractivity contribution in [2.24, 2.45) is 11.8 Å². The summed E-state index contributed by atoms with van der Waals surface area (Å²) in [5, 5.41) is 10.5. The van der Waals surface area contributed by atoms with Crippen LogP contribution in [0.4, 0.5) is 10.2 Å². The van der Waals surface area contributed by atoms with Crippen LogP contribution in [-0.2, 0) is 4.79 Å². The Balaban J connectivity index is 1.50. The van der Waals surface area contributed by atoms with Crippen LogP contribution < -0.4 is 9.64 Å². The highest BCUT2D eigenvalue weighted by molar-refractivity contribution is 6.35. The lowest BCUT2D eigenvalue weighted by Gasteiger charge is -2.39. The number of carbonyl (C=O) groups excluding carboxylic acids is 2. The average Bonchev–Trinajstić information content (AvgIpc) is 3.33. The molecule has 4 aliphatic rings. The number of carbonyl (C=O) groups is 2. The molecule has 2 aromatic rings. The quantitative estimate of drug-likeness (QED) is 0.635. The molecule has 1 aromatic heterocycles. The lowest BCUT2D eigenvalue weighted by atomic mass is 10.0. The van der Waals surface area contributed by atoms with Crippen molar-refractivity contribution in [2.75, 3.05) is 37.7 Å². The molecule has 2 saturated heterocycles. The van der Waals surface area contributed by atoms with Gasteiger partial charge in [-0.05, 0) is 36.5 Å². The van der Waals surface area contributed by atoms with E-state index in [0.29, 0.717) is 43.8 Å². The Morgan fingerprint density at radius 3 is 2.78 bits per heavy atom. The number of hydrogen-bond donors (Lipinski definition) is 1. The largest absolute Gasteiger partial charge is 0.507 e. The van der Waals surface area contributed by atoms with E-state index in [0.717, 1.165) is 6.42 Å². The average molecular weight is 513 g/mol. The number of halogens is 2. The lowest BCUT2D eigenvalue weighted by molar-refractivity contribution is -0.128. The second-order valence-corrected chi connectivity index (χ2v) is 10.3. The molecule has 10 heteroatoms. The van der Waals surface area contributed by atoms with Gasteiger partial charge in [0.25, 0.3) is 5.91 Å². The third-order valence-electron chi connectivity index (χ3n) is 8.01. The number of aromatic hydroxyl groups is 1. The summed E-state index contributed by atoms with van der Waals surface area (Å²) in [6, 6.07) is 3.85. The number of piperazine rings is 1. The van der Waals surface area contributed by atoms with E-state index in [4.69, 9.17) is 21.3 Å². The Labute approximate surface area is 212 Å². The SMILES string of the molecule is C=CC(=O)N1CCN2C(=O)c3c(N4CC[C@H]5[C@@H](C)[C@H]54)nc(-c4c(O)cccc4F)c(Cl)c3OC[C@H]2C1. The second-order valence-electron chi connectivity index (χ2n) is 9.88. The van der Waals surface area contributed by atoms with Crippen LogP contribution in [0.3, 0.4) is 0 Å². The van der Waals surface area contributed by atoms with Gasteiger partial charge in [0.05, 0.1) is 11.6 Å². The Kier molecular flexibility index (Phi) is 5.37. The van der Waals surface area contributed by atoms with Gasteiger partial charge in [0, 0.05) is 32.2 Å². The molecular formula is C26H26ClFN4O4. The standard InChI is InChI=1S/C26H26ClFN4O4/c1-3-18(34)30-9-10-31-14(11-30)12-36-24-20(26(31)35)25(32-8-7-15-13(2)23(15)32)29-22(21(24)27)19-16(28)5-4-6-17(19)33/h3-6,13-15,23,33H,1,7-12H2,2H3/t13-,14-,15+,23-/m1/s1. The van der Waals surface area contributed by atoms with Crippen LogP contribution in [0.1, 0.15) is 23.7 Å². The molecule has 3 fully saturated rings. The molecule has 0 radical (unpaired) electrons. The summed E-state index contributed by atoms with van der Waals surface area (Å²) in [7, 11) is 0. The maximum absolute atomic E-state index is 14.9. The van der Waals surface area contributed by atoms with Crippen LogP contribution in [0.15, 0.2) is 30.9 Å². The van der Waals surface area contributed by atoms with Gasteiger partial charge in [-0.3, -0.25) is 9.59 Å². The summed E-state index contributed by atoms with van der Waals surface area (Å²) >= 11 is 6.76. The first-order valence-electron chi connectivity index (χ1n) is 12.1. The molecule has 1 aliphatic carbocycles. The smallest absolute Gasteiger partial charge is 0.261 e. The summed E-state index contributed by atoms with van der Waals surface area (Å²) < 4.78 is 21.1. The van der Waals surface area contributed by atoms with Crippen molar-refractivity contribution in [3.63, 3.8) is 0 Å². The van der Waals surface area contributed by atoms with E-state index in [1.807, 2.05) is 0 Å². The van der Waals surface area contributed by atoms with Crippen LogP contribution >= 0.6 is 11.6 Å². The number of rotatable bonds is 3. The number of pyridine rings is 1. The molecule has 8 nitrogen and oxygen atoms in total. The predicted octanol–water partition coefficient (Wildman–Crippen LogP) is 3.32.